The van der Waals surface area contributed by atoms with Gasteiger partial charge in [-0.15, -0.1) is 0 Å². The second-order valence-electron chi connectivity index (χ2n) is 6.42. The Hall–Kier alpha value is -0.0900. The molecule has 1 aromatic carbocycles. The fourth-order valence-electron chi connectivity index (χ4n) is 2.87. The van der Waals surface area contributed by atoms with Gasteiger partial charge in [-0.05, 0) is 49.9 Å². The summed E-state index contributed by atoms with van der Waals surface area (Å²) in [6.45, 7) is 6.95. The van der Waals surface area contributed by atoms with E-state index >= 15 is 0 Å². The van der Waals surface area contributed by atoms with Crippen molar-refractivity contribution in [3.05, 3.63) is 33.3 Å². The van der Waals surface area contributed by atoms with Gasteiger partial charge in [0.05, 0.1) is 0 Å². The van der Waals surface area contributed by atoms with Crippen LogP contribution in [0.5, 0.6) is 0 Å². The lowest BCUT2D eigenvalue weighted by atomic mass is 10.0. The van der Waals surface area contributed by atoms with Crippen LogP contribution in [0.15, 0.2) is 22.7 Å². The molecular weight excluding hydrogens is 348 g/mol. The van der Waals surface area contributed by atoms with Crippen LogP contribution in [0.3, 0.4) is 0 Å². The van der Waals surface area contributed by atoms with Gasteiger partial charge in [-0.2, -0.15) is 0 Å². The van der Waals surface area contributed by atoms with Crippen LogP contribution in [0.4, 0.5) is 0 Å². The van der Waals surface area contributed by atoms with Crippen molar-refractivity contribution >= 4 is 27.5 Å². The lowest BCUT2D eigenvalue weighted by Crippen LogP contribution is -2.33. The van der Waals surface area contributed by atoms with Crippen LogP contribution in [-0.2, 0) is 0 Å². The molecule has 2 rings (SSSR count). The van der Waals surface area contributed by atoms with Gasteiger partial charge in [-0.1, -0.05) is 47.4 Å². The minimum atomic E-state index is 0.319. The summed E-state index contributed by atoms with van der Waals surface area (Å²) in [5.41, 5.74) is 1.20. The predicted octanol–water partition coefficient (Wildman–Crippen LogP) is 4.87. The number of benzene rings is 1. The van der Waals surface area contributed by atoms with Crippen LogP contribution in [0, 0.1) is 5.92 Å². The first-order valence-electron chi connectivity index (χ1n) is 7.87. The zero-order valence-electron chi connectivity index (χ0n) is 13.2. The summed E-state index contributed by atoms with van der Waals surface area (Å²) < 4.78 is 1.03. The molecule has 1 N–H and O–H groups in total. The standard InChI is InChI=1S/C17H26BrClN2/c1-12(2)11-21(14-5-6-14)9-8-17(20-3)15-7-4-13(18)10-16(15)19/h4,7,10,12,14,17,20H,5-6,8-9,11H2,1-3H3. The number of nitrogens with one attached hydrogen (secondary N) is 1. The van der Waals surface area contributed by atoms with E-state index in [4.69, 9.17) is 11.6 Å². The van der Waals surface area contributed by atoms with Gasteiger partial charge in [0.1, 0.15) is 0 Å². The second kappa shape index (κ2) is 7.96. The molecule has 0 amide bonds. The first-order valence-corrected chi connectivity index (χ1v) is 9.04. The maximum Gasteiger partial charge on any atom is 0.0465 e. The molecule has 118 valence electrons. The van der Waals surface area contributed by atoms with Gasteiger partial charge in [0.15, 0.2) is 0 Å². The van der Waals surface area contributed by atoms with Gasteiger partial charge < -0.3 is 10.2 Å². The first kappa shape index (κ1) is 17.3. The van der Waals surface area contributed by atoms with E-state index in [1.807, 2.05) is 13.1 Å². The van der Waals surface area contributed by atoms with Gasteiger partial charge in [-0.25, -0.2) is 0 Å². The van der Waals surface area contributed by atoms with Gasteiger partial charge in [0.25, 0.3) is 0 Å². The minimum Gasteiger partial charge on any atom is -0.313 e. The smallest absolute Gasteiger partial charge is 0.0465 e. The molecule has 1 aliphatic rings. The molecule has 0 heterocycles. The minimum absolute atomic E-state index is 0.319. The molecule has 1 unspecified atom stereocenters. The summed E-state index contributed by atoms with van der Waals surface area (Å²) in [4.78, 5) is 2.65. The van der Waals surface area contributed by atoms with Crippen LogP contribution < -0.4 is 5.32 Å². The molecule has 0 saturated heterocycles. The summed E-state index contributed by atoms with van der Waals surface area (Å²) in [6, 6.07) is 7.31. The molecule has 4 heteroatoms. The Balaban J connectivity index is 1.97. The van der Waals surface area contributed by atoms with Crippen LogP contribution in [-0.4, -0.2) is 31.1 Å². The fraction of sp³-hybridized carbons (Fsp3) is 0.647. The SMILES string of the molecule is CNC(CCN(CC(C)C)C1CC1)c1ccc(Br)cc1Cl. The maximum atomic E-state index is 6.39. The van der Waals surface area contributed by atoms with E-state index < -0.39 is 0 Å². The largest absolute Gasteiger partial charge is 0.313 e. The van der Waals surface area contributed by atoms with E-state index in [9.17, 15) is 0 Å². The molecule has 1 atom stereocenters. The quantitative estimate of drug-likeness (QED) is 0.699. The monoisotopic (exact) mass is 372 g/mol. The van der Waals surface area contributed by atoms with E-state index in [1.165, 1.54) is 24.9 Å². The van der Waals surface area contributed by atoms with Crippen molar-refractivity contribution in [2.75, 3.05) is 20.1 Å². The lowest BCUT2D eigenvalue weighted by molar-refractivity contribution is 0.223. The van der Waals surface area contributed by atoms with Crippen molar-refractivity contribution in [3.8, 4) is 0 Å². The van der Waals surface area contributed by atoms with E-state index in [0.717, 1.165) is 34.4 Å². The second-order valence-corrected chi connectivity index (χ2v) is 7.74. The molecule has 0 bridgehead atoms. The zero-order chi connectivity index (χ0) is 15.4. The summed E-state index contributed by atoms with van der Waals surface area (Å²) in [5, 5.41) is 4.26. The average Bonchev–Trinajstić information content (AvgIpc) is 3.23. The Kier molecular flexibility index (Phi) is 6.54. The van der Waals surface area contributed by atoms with E-state index in [0.29, 0.717) is 6.04 Å². The molecule has 21 heavy (non-hydrogen) atoms. The number of hydrogen-bond donors (Lipinski definition) is 1. The average molecular weight is 374 g/mol. The van der Waals surface area contributed by atoms with Gasteiger partial charge in [-0.3, -0.25) is 0 Å². The van der Waals surface area contributed by atoms with Gasteiger partial charge >= 0.3 is 0 Å². The molecule has 0 radical (unpaired) electrons. The Morgan fingerprint density at radius 2 is 2.10 bits per heavy atom. The highest BCUT2D eigenvalue weighted by Gasteiger charge is 2.29. The third kappa shape index (κ3) is 5.24. The van der Waals surface area contributed by atoms with Crippen molar-refractivity contribution < 1.29 is 0 Å². The number of nitrogens with zero attached hydrogens (tertiary/aromatic N) is 1. The normalized spacial score (nSPS) is 16.7. The Bertz CT molecular complexity index is 460. The molecule has 1 aromatic rings. The van der Waals surface area contributed by atoms with Crippen molar-refractivity contribution in [3.63, 3.8) is 0 Å². The van der Waals surface area contributed by atoms with E-state index in [1.54, 1.807) is 0 Å². The molecule has 0 aromatic heterocycles. The summed E-state index contributed by atoms with van der Waals surface area (Å²) >= 11 is 9.86. The third-order valence-corrected chi connectivity index (χ3v) is 4.87. The van der Waals surface area contributed by atoms with Crippen LogP contribution in [0.1, 0.15) is 44.7 Å². The van der Waals surface area contributed by atoms with Crippen LogP contribution in [0.25, 0.3) is 0 Å². The zero-order valence-corrected chi connectivity index (χ0v) is 15.5. The van der Waals surface area contributed by atoms with Crippen LogP contribution in [0.2, 0.25) is 5.02 Å². The topological polar surface area (TPSA) is 15.3 Å². The van der Waals surface area contributed by atoms with Crippen molar-refractivity contribution in [2.24, 2.45) is 5.92 Å². The Morgan fingerprint density at radius 1 is 1.38 bits per heavy atom. The number of halogens is 2. The molecule has 2 nitrogen and oxygen atoms in total. The molecule has 1 fully saturated rings. The number of rotatable bonds is 8. The maximum absolute atomic E-state index is 6.39. The molecule has 0 aliphatic heterocycles. The van der Waals surface area contributed by atoms with E-state index in [2.05, 4.69) is 52.1 Å². The van der Waals surface area contributed by atoms with Crippen LogP contribution >= 0.6 is 27.5 Å². The highest BCUT2D eigenvalue weighted by atomic mass is 79.9. The Labute approximate surface area is 142 Å². The summed E-state index contributed by atoms with van der Waals surface area (Å²) in [6.07, 6.45) is 3.84. The van der Waals surface area contributed by atoms with Gasteiger partial charge in [0.2, 0.25) is 0 Å². The first-order chi connectivity index (χ1) is 10.0. The summed E-state index contributed by atoms with van der Waals surface area (Å²) in [7, 11) is 2.02. The molecular formula is C17H26BrClN2. The Morgan fingerprint density at radius 3 is 2.62 bits per heavy atom. The van der Waals surface area contributed by atoms with E-state index in [-0.39, 0.29) is 0 Å². The fourth-order valence-corrected chi connectivity index (χ4v) is 3.67. The predicted molar refractivity (Wildman–Crippen MR) is 95.0 cm³/mol. The van der Waals surface area contributed by atoms with Crippen molar-refractivity contribution in [2.45, 2.75) is 45.2 Å². The highest BCUT2D eigenvalue weighted by molar-refractivity contribution is 9.10. The molecule has 1 saturated carbocycles. The molecule has 1 aliphatic carbocycles. The highest BCUT2D eigenvalue weighted by Crippen LogP contribution is 2.31. The summed E-state index contributed by atoms with van der Waals surface area (Å²) in [5.74, 6) is 0.731. The van der Waals surface area contributed by atoms with Crippen molar-refractivity contribution in [1.29, 1.82) is 0 Å². The third-order valence-electron chi connectivity index (χ3n) is 4.05. The molecule has 0 spiro atoms. The van der Waals surface area contributed by atoms with Crippen molar-refractivity contribution in [1.82, 2.24) is 10.2 Å². The lowest BCUT2D eigenvalue weighted by Gasteiger charge is -2.27. The number of hydrogen-bond acceptors (Lipinski definition) is 2. The van der Waals surface area contributed by atoms with Gasteiger partial charge in [0, 0.05) is 34.7 Å².